The SMILES string of the molecule is CC1CC(c2cncc(C(=O)N3CCCC3)n2)NN1. The van der Waals surface area contributed by atoms with E-state index >= 15 is 0 Å². The Morgan fingerprint density at radius 3 is 2.79 bits per heavy atom. The van der Waals surface area contributed by atoms with Crippen molar-refractivity contribution in [3.05, 3.63) is 23.8 Å². The molecule has 102 valence electrons. The lowest BCUT2D eigenvalue weighted by Gasteiger charge is -2.15. The van der Waals surface area contributed by atoms with Crippen LogP contribution in [0.15, 0.2) is 12.4 Å². The lowest BCUT2D eigenvalue weighted by atomic mass is 10.1. The van der Waals surface area contributed by atoms with Gasteiger partial charge in [-0.25, -0.2) is 10.4 Å². The van der Waals surface area contributed by atoms with Crippen LogP contribution < -0.4 is 10.9 Å². The van der Waals surface area contributed by atoms with E-state index in [-0.39, 0.29) is 11.9 Å². The fraction of sp³-hybridized carbons (Fsp3) is 0.615. The van der Waals surface area contributed by atoms with Crippen LogP contribution in [0, 0.1) is 0 Å². The van der Waals surface area contributed by atoms with Crippen LogP contribution in [0.4, 0.5) is 0 Å². The molecule has 0 radical (unpaired) electrons. The molecule has 0 aromatic carbocycles. The van der Waals surface area contributed by atoms with Crippen molar-refractivity contribution in [2.24, 2.45) is 0 Å². The van der Waals surface area contributed by atoms with Crippen LogP contribution in [0.25, 0.3) is 0 Å². The monoisotopic (exact) mass is 261 g/mol. The predicted molar refractivity (Wildman–Crippen MR) is 70.3 cm³/mol. The average Bonchev–Trinajstić information content (AvgIpc) is 3.09. The number of hydrogen-bond acceptors (Lipinski definition) is 5. The van der Waals surface area contributed by atoms with Crippen LogP contribution in [0.1, 0.15) is 48.4 Å². The highest BCUT2D eigenvalue weighted by molar-refractivity contribution is 5.92. The zero-order chi connectivity index (χ0) is 13.2. The third-order valence-electron chi connectivity index (χ3n) is 3.72. The third kappa shape index (κ3) is 2.59. The number of likely N-dealkylation sites (tertiary alicyclic amines) is 1. The summed E-state index contributed by atoms with van der Waals surface area (Å²) in [4.78, 5) is 22.8. The van der Waals surface area contributed by atoms with Crippen LogP contribution in [0.3, 0.4) is 0 Å². The van der Waals surface area contributed by atoms with E-state index in [1.165, 1.54) is 0 Å². The van der Waals surface area contributed by atoms with E-state index in [4.69, 9.17) is 0 Å². The van der Waals surface area contributed by atoms with Crippen molar-refractivity contribution in [3.8, 4) is 0 Å². The summed E-state index contributed by atoms with van der Waals surface area (Å²) in [6.45, 7) is 3.79. The number of nitrogens with zero attached hydrogens (tertiary/aromatic N) is 3. The maximum absolute atomic E-state index is 12.3. The van der Waals surface area contributed by atoms with Gasteiger partial charge in [0.2, 0.25) is 0 Å². The molecule has 1 aromatic rings. The number of carbonyl (C=O) groups excluding carboxylic acids is 1. The molecule has 6 nitrogen and oxygen atoms in total. The van der Waals surface area contributed by atoms with Crippen LogP contribution in [-0.4, -0.2) is 39.9 Å². The summed E-state index contributed by atoms with van der Waals surface area (Å²) in [6.07, 6.45) is 6.43. The average molecular weight is 261 g/mol. The molecule has 2 aliphatic heterocycles. The number of hydrogen-bond donors (Lipinski definition) is 2. The van der Waals surface area contributed by atoms with Crippen LogP contribution in [0.2, 0.25) is 0 Å². The number of nitrogens with one attached hydrogen (secondary N) is 2. The minimum Gasteiger partial charge on any atom is -0.337 e. The minimum atomic E-state index is 0.00542. The van der Waals surface area contributed by atoms with Crippen molar-refractivity contribution in [3.63, 3.8) is 0 Å². The van der Waals surface area contributed by atoms with Gasteiger partial charge in [-0.15, -0.1) is 0 Å². The van der Waals surface area contributed by atoms with Gasteiger partial charge >= 0.3 is 0 Å². The summed E-state index contributed by atoms with van der Waals surface area (Å²) in [5.74, 6) is 0.00542. The van der Waals surface area contributed by atoms with Crippen molar-refractivity contribution in [1.29, 1.82) is 0 Å². The Bertz CT molecular complexity index is 472. The highest BCUT2D eigenvalue weighted by Gasteiger charge is 2.25. The van der Waals surface area contributed by atoms with Gasteiger partial charge in [0.1, 0.15) is 5.69 Å². The number of carbonyl (C=O) groups is 1. The van der Waals surface area contributed by atoms with Crippen LogP contribution in [-0.2, 0) is 0 Å². The number of aromatic nitrogens is 2. The highest BCUT2D eigenvalue weighted by Crippen LogP contribution is 2.20. The molecule has 2 N–H and O–H groups in total. The first-order valence-electron chi connectivity index (χ1n) is 6.86. The van der Waals surface area contributed by atoms with E-state index in [1.807, 2.05) is 4.90 Å². The van der Waals surface area contributed by atoms with E-state index < -0.39 is 0 Å². The first-order chi connectivity index (χ1) is 9.24. The van der Waals surface area contributed by atoms with E-state index in [0.717, 1.165) is 38.0 Å². The second-order valence-electron chi connectivity index (χ2n) is 5.31. The van der Waals surface area contributed by atoms with E-state index in [9.17, 15) is 4.79 Å². The Morgan fingerprint density at radius 1 is 1.32 bits per heavy atom. The molecule has 2 fully saturated rings. The molecular formula is C13H19N5O. The molecule has 3 rings (SSSR count). The molecule has 0 aliphatic carbocycles. The fourth-order valence-electron chi connectivity index (χ4n) is 2.64. The molecular weight excluding hydrogens is 242 g/mol. The maximum atomic E-state index is 12.3. The normalized spacial score (nSPS) is 26.9. The van der Waals surface area contributed by atoms with Gasteiger partial charge in [0, 0.05) is 19.1 Å². The van der Waals surface area contributed by atoms with Crippen LogP contribution >= 0.6 is 0 Å². The molecule has 2 saturated heterocycles. The standard InChI is InChI=1S/C13H19N5O/c1-9-6-10(17-16-9)11-7-14-8-12(15-11)13(19)18-4-2-3-5-18/h7-10,16-17H,2-6H2,1H3. The van der Waals surface area contributed by atoms with Crippen molar-refractivity contribution in [1.82, 2.24) is 25.7 Å². The molecule has 0 saturated carbocycles. The molecule has 1 aromatic heterocycles. The number of hydrazine groups is 1. The Morgan fingerprint density at radius 2 is 2.11 bits per heavy atom. The lowest BCUT2D eigenvalue weighted by Crippen LogP contribution is -2.30. The van der Waals surface area contributed by atoms with Crippen molar-refractivity contribution < 1.29 is 4.79 Å². The van der Waals surface area contributed by atoms with Gasteiger partial charge in [-0.3, -0.25) is 15.2 Å². The zero-order valence-electron chi connectivity index (χ0n) is 11.1. The summed E-state index contributed by atoms with van der Waals surface area (Å²) in [7, 11) is 0. The van der Waals surface area contributed by atoms with E-state index in [0.29, 0.717) is 11.7 Å². The number of amides is 1. The molecule has 1 amide bonds. The maximum Gasteiger partial charge on any atom is 0.274 e. The second-order valence-corrected chi connectivity index (χ2v) is 5.31. The zero-order valence-corrected chi connectivity index (χ0v) is 11.1. The summed E-state index contributed by atoms with van der Waals surface area (Å²) in [5.41, 5.74) is 7.63. The minimum absolute atomic E-state index is 0.00542. The van der Waals surface area contributed by atoms with E-state index in [1.54, 1.807) is 12.4 Å². The van der Waals surface area contributed by atoms with Gasteiger partial charge in [0.15, 0.2) is 0 Å². The van der Waals surface area contributed by atoms with Gasteiger partial charge in [0.05, 0.1) is 24.1 Å². The topological polar surface area (TPSA) is 70.2 Å². The molecule has 2 atom stereocenters. The summed E-state index contributed by atoms with van der Waals surface area (Å²) in [5, 5.41) is 0. The molecule has 0 bridgehead atoms. The Labute approximate surface area is 112 Å². The first-order valence-corrected chi connectivity index (χ1v) is 6.86. The van der Waals surface area contributed by atoms with Crippen molar-refractivity contribution in [2.75, 3.05) is 13.1 Å². The highest BCUT2D eigenvalue weighted by atomic mass is 16.2. The number of rotatable bonds is 2. The summed E-state index contributed by atoms with van der Waals surface area (Å²) < 4.78 is 0. The summed E-state index contributed by atoms with van der Waals surface area (Å²) >= 11 is 0. The van der Waals surface area contributed by atoms with Gasteiger partial charge in [-0.1, -0.05) is 0 Å². The Balaban J connectivity index is 1.77. The molecule has 6 heteroatoms. The van der Waals surface area contributed by atoms with Gasteiger partial charge < -0.3 is 4.90 Å². The molecule has 2 aliphatic rings. The van der Waals surface area contributed by atoms with Gasteiger partial charge in [-0.05, 0) is 26.2 Å². The second kappa shape index (κ2) is 5.22. The van der Waals surface area contributed by atoms with Crippen LogP contribution in [0.5, 0.6) is 0 Å². The quantitative estimate of drug-likeness (QED) is 0.817. The third-order valence-corrected chi connectivity index (χ3v) is 3.72. The lowest BCUT2D eigenvalue weighted by molar-refractivity contribution is 0.0786. The van der Waals surface area contributed by atoms with Gasteiger partial charge in [-0.2, -0.15) is 0 Å². The molecule has 19 heavy (non-hydrogen) atoms. The fourth-order valence-corrected chi connectivity index (χ4v) is 2.64. The van der Waals surface area contributed by atoms with E-state index in [2.05, 4.69) is 27.7 Å². The van der Waals surface area contributed by atoms with Gasteiger partial charge in [0.25, 0.3) is 5.91 Å². The van der Waals surface area contributed by atoms with Crippen molar-refractivity contribution >= 4 is 5.91 Å². The summed E-state index contributed by atoms with van der Waals surface area (Å²) in [6, 6.07) is 0.540. The largest absolute Gasteiger partial charge is 0.337 e. The van der Waals surface area contributed by atoms with Crippen molar-refractivity contribution in [2.45, 2.75) is 38.3 Å². The Kier molecular flexibility index (Phi) is 3.44. The molecule has 2 unspecified atom stereocenters. The first kappa shape index (κ1) is 12.5. The predicted octanol–water partition coefficient (Wildman–Crippen LogP) is 0.640. The molecule has 3 heterocycles. The molecule has 0 spiro atoms. The smallest absolute Gasteiger partial charge is 0.274 e. The Hall–Kier alpha value is -1.53.